The zero-order valence-electron chi connectivity index (χ0n) is 12.7. The molecule has 1 atom stereocenters. The van der Waals surface area contributed by atoms with Crippen molar-refractivity contribution in [2.24, 2.45) is 5.92 Å². The molecule has 0 aliphatic rings. The minimum absolute atomic E-state index is 0.118. The van der Waals surface area contributed by atoms with Crippen LogP contribution in [0, 0.1) is 5.92 Å². The third kappa shape index (κ3) is 6.69. The van der Waals surface area contributed by atoms with Crippen molar-refractivity contribution in [1.29, 1.82) is 0 Å². The molecule has 1 aromatic rings. The molecule has 0 heterocycles. The maximum Gasteiger partial charge on any atom is 0.0462 e. The molecule has 19 heavy (non-hydrogen) atoms. The minimum atomic E-state index is 0.118. The fraction of sp³-hybridized carbons (Fsp3) is 0.625. The Morgan fingerprint density at radius 2 is 2.00 bits per heavy atom. The zero-order valence-corrected chi connectivity index (χ0v) is 14.3. The molecule has 1 N–H and O–H groups in total. The summed E-state index contributed by atoms with van der Waals surface area (Å²) in [6.45, 7) is 11.8. The summed E-state index contributed by atoms with van der Waals surface area (Å²) >= 11 is 8.25. The Hall–Kier alpha value is -0.180. The fourth-order valence-corrected chi connectivity index (χ4v) is 2.87. The van der Waals surface area contributed by atoms with Gasteiger partial charge in [-0.25, -0.2) is 0 Å². The summed E-state index contributed by atoms with van der Waals surface area (Å²) in [7, 11) is 0. The van der Waals surface area contributed by atoms with E-state index in [9.17, 15) is 0 Å². The summed E-state index contributed by atoms with van der Waals surface area (Å²) in [6, 6.07) is 6.41. The van der Waals surface area contributed by atoms with Crippen LogP contribution in [-0.4, -0.2) is 11.3 Å². The lowest BCUT2D eigenvalue weighted by Crippen LogP contribution is -2.35. The smallest absolute Gasteiger partial charge is 0.0462 e. The van der Waals surface area contributed by atoms with Crippen molar-refractivity contribution in [2.75, 3.05) is 5.75 Å². The summed E-state index contributed by atoms with van der Waals surface area (Å²) in [4.78, 5) is 1.27. The SMILES string of the molecule is CCC(C)CSc1ccc(CNC(C)(C)C)c(Cl)c1. The van der Waals surface area contributed by atoms with E-state index in [1.165, 1.54) is 16.9 Å². The van der Waals surface area contributed by atoms with E-state index in [2.05, 4.69) is 58.1 Å². The van der Waals surface area contributed by atoms with E-state index in [1.54, 1.807) is 0 Å². The van der Waals surface area contributed by atoms with E-state index in [-0.39, 0.29) is 5.54 Å². The molecular formula is C16H26ClNS. The molecule has 108 valence electrons. The first-order valence-electron chi connectivity index (χ1n) is 6.98. The first kappa shape index (κ1) is 16.9. The third-order valence-electron chi connectivity index (χ3n) is 3.07. The molecule has 0 aromatic heterocycles. The van der Waals surface area contributed by atoms with Gasteiger partial charge in [-0.05, 0) is 44.4 Å². The van der Waals surface area contributed by atoms with Crippen molar-refractivity contribution in [3.63, 3.8) is 0 Å². The Morgan fingerprint density at radius 3 is 2.53 bits per heavy atom. The third-order valence-corrected chi connectivity index (χ3v) is 4.74. The van der Waals surface area contributed by atoms with Crippen LogP contribution in [0.25, 0.3) is 0 Å². The van der Waals surface area contributed by atoms with Gasteiger partial charge < -0.3 is 5.32 Å². The Balaban J connectivity index is 2.59. The molecule has 0 aliphatic heterocycles. The number of benzene rings is 1. The second-order valence-corrected chi connectivity index (χ2v) is 7.68. The van der Waals surface area contributed by atoms with Crippen LogP contribution >= 0.6 is 23.4 Å². The summed E-state index contributed by atoms with van der Waals surface area (Å²) in [6.07, 6.45) is 1.23. The van der Waals surface area contributed by atoms with Gasteiger partial charge in [-0.1, -0.05) is 37.9 Å². The molecular weight excluding hydrogens is 274 g/mol. The Bertz CT molecular complexity index is 398. The molecule has 1 aromatic carbocycles. The molecule has 1 rings (SSSR count). The highest BCUT2D eigenvalue weighted by molar-refractivity contribution is 7.99. The van der Waals surface area contributed by atoms with Gasteiger partial charge in [0.15, 0.2) is 0 Å². The standard InChI is InChI=1S/C16H26ClNS/c1-6-12(2)11-19-14-8-7-13(15(17)9-14)10-18-16(3,4)5/h7-9,12,18H,6,10-11H2,1-5H3. The van der Waals surface area contributed by atoms with Crippen LogP contribution < -0.4 is 5.32 Å². The fourth-order valence-electron chi connectivity index (χ4n) is 1.48. The topological polar surface area (TPSA) is 12.0 Å². The van der Waals surface area contributed by atoms with Crippen LogP contribution in [-0.2, 0) is 6.54 Å². The lowest BCUT2D eigenvalue weighted by Gasteiger charge is -2.21. The van der Waals surface area contributed by atoms with E-state index < -0.39 is 0 Å². The molecule has 0 aliphatic carbocycles. The van der Waals surface area contributed by atoms with E-state index in [4.69, 9.17) is 11.6 Å². The number of thioether (sulfide) groups is 1. The van der Waals surface area contributed by atoms with Gasteiger partial charge >= 0.3 is 0 Å². The predicted molar refractivity (Wildman–Crippen MR) is 88.2 cm³/mol. The highest BCUT2D eigenvalue weighted by Crippen LogP contribution is 2.27. The molecule has 0 saturated carbocycles. The lowest BCUT2D eigenvalue weighted by atomic mass is 10.1. The Morgan fingerprint density at radius 1 is 1.32 bits per heavy atom. The van der Waals surface area contributed by atoms with Crippen molar-refractivity contribution in [3.8, 4) is 0 Å². The number of halogens is 1. The van der Waals surface area contributed by atoms with Crippen molar-refractivity contribution in [3.05, 3.63) is 28.8 Å². The van der Waals surface area contributed by atoms with Gasteiger partial charge in [-0.3, -0.25) is 0 Å². The average Bonchev–Trinajstić information content (AvgIpc) is 2.33. The monoisotopic (exact) mass is 299 g/mol. The number of nitrogens with one attached hydrogen (secondary N) is 1. The van der Waals surface area contributed by atoms with Crippen LogP contribution in [0.4, 0.5) is 0 Å². The summed E-state index contributed by atoms with van der Waals surface area (Å²) in [5, 5.41) is 4.33. The van der Waals surface area contributed by atoms with Gasteiger partial charge in [0.2, 0.25) is 0 Å². The maximum atomic E-state index is 6.35. The van der Waals surface area contributed by atoms with Gasteiger partial charge in [-0.15, -0.1) is 11.8 Å². The molecule has 0 bridgehead atoms. The molecule has 0 fully saturated rings. The molecule has 1 nitrogen and oxygen atoms in total. The van der Waals surface area contributed by atoms with Crippen LogP contribution in [0.5, 0.6) is 0 Å². The number of hydrogen-bond acceptors (Lipinski definition) is 2. The van der Waals surface area contributed by atoms with Crippen molar-refractivity contribution >= 4 is 23.4 Å². The van der Waals surface area contributed by atoms with Gasteiger partial charge in [0.05, 0.1) is 0 Å². The van der Waals surface area contributed by atoms with E-state index in [1.807, 2.05) is 11.8 Å². The number of rotatable bonds is 6. The first-order valence-corrected chi connectivity index (χ1v) is 8.34. The summed E-state index contributed by atoms with van der Waals surface area (Å²) in [5.41, 5.74) is 1.29. The van der Waals surface area contributed by atoms with E-state index in [0.717, 1.165) is 23.2 Å². The maximum absolute atomic E-state index is 6.35. The van der Waals surface area contributed by atoms with Crippen molar-refractivity contribution in [2.45, 2.75) is 58.0 Å². The first-order chi connectivity index (χ1) is 8.81. The molecule has 1 unspecified atom stereocenters. The second kappa shape index (κ2) is 7.56. The van der Waals surface area contributed by atoms with Gasteiger partial charge in [-0.2, -0.15) is 0 Å². The van der Waals surface area contributed by atoms with Crippen LogP contribution in [0.15, 0.2) is 23.1 Å². The predicted octanol–water partition coefficient (Wildman–Crippen LogP) is 5.37. The van der Waals surface area contributed by atoms with Crippen molar-refractivity contribution < 1.29 is 0 Å². The van der Waals surface area contributed by atoms with E-state index >= 15 is 0 Å². The van der Waals surface area contributed by atoms with Gasteiger partial charge in [0, 0.05) is 27.8 Å². The largest absolute Gasteiger partial charge is 0.308 e. The van der Waals surface area contributed by atoms with Crippen LogP contribution in [0.2, 0.25) is 5.02 Å². The normalized spacial score (nSPS) is 13.6. The van der Waals surface area contributed by atoms with Crippen LogP contribution in [0.3, 0.4) is 0 Å². The molecule has 3 heteroatoms. The Kier molecular flexibility index (Phi) is 6.72. The van der Waals surface area contributed by atoms with E-state index in [0.29, 0.717) is 0 Å². The van der Waals surface area contributed by atoms with Gasteiger partial charge in [0.25, 0.3) is 0 Å². The quantitative estimate of drug-likeness (QED) is 0.709. The number of hydrogen-bond donors (Lipinski definition) is 1. The molecule has 0 radical (unpaired) electrons. The molecule has 0 spiro atoms. The summed E-state index contributed by atoms with van der Waals surface area (Å²) in [5.74, 6) is 1.91. The summed E-state index contributed by atoms with van der Waals surface area (Å²) < 4.78 is 0. The average molecular weight is 300 g/mol. The van der Waals surface area contributed by atoms with Crippen molar-refractivity contribution in [1.82, 2.24) is 5.32 Å². The van der Waals surface area contributed by atoms with Gasteiger partial charge in [0.1, 0.15) is 0 Å². The Labute approximate surface area is 127 Å². The lowest BCUT2D eigenvalue weighted by molar-refractivity contribution is 0.424. The zero-order chi connectivity index (χ0) is 14.5. The second-order valence-electron chi connectivity index (χ2n) is 6.18. The highest BCUT2D eigenvalue weighted by Gasteiger charge is 2.10. The highest BCUT2D eigenvalue weighted by atomic mass is 35.5. The molecule has 0 saturated heterocycles. The minimum Gasteiger partial charge on any atom is -0.308 e. The molecule has 0 amide bonds. The van der Waals surface area contributed by atoms with Crippen LogP contribution in [0.1, 0.15) is 46.6 Å².